The molecule has 0 aromatic heterocycles. The molecular formula is C16H22INO. The normalized spacial score (nSPS) is 23.2. The molecular weight excluding hydrogens is 349 g/mol. The molecule has 0 spiro atoms. The number of hydrogen-bond acceptors (Lipinski definition) is 1. The monoisotopic (exact) mass is 371 g/mol. The number of halogens is 1. The first kappa shape index (κ1) is 14.8. The van der Waals surface area contributed by atoms with Crippen LogP contribution in [0.1, 0.15) is 48.5 Å². The molecule has 2 rings (SSSR count). The zero-order chi connectivity index (χ0) is 14.0. The van der Waals surface area contributed by atoms with Gasteiger partial charge in [-0.1, -0.05) is 19.1 Å². The highest BCUT2D eigenvalue weighted by Gasteiger charge is 2.26. The summed E-state index contributed by atoms with van der Waals surface area (Å²) in [6, 6.07) is 6.39. The fraction of sp³-hybridized carbons (Fsp3) is 0.562. The first-order valence-electron chi connectivity index (χ1n) is 7.03. The molecule has 0 aliphatic heterocycles. The molecule has 1 fully saturated rings. The number of carbonyl (C=O) groups excluding carboxylic acids is 1. The van der Waals surface area contributed by atoms with Gasteiger partial charge in [-0.25, -0.2) is 0 Å². The van der Waals surface area contributed by atoms with Gasteiger partial charge in [0.15, 0.2) is 0 Å². The second-order valence-corrected chi connectivity index (χ2v) is 6.84. The van der Waals surface area contributed by atoms with Crippen LogP contribution in [0.3, 0.4) is 0 Å². The van der Waals surface area contributed by atoms with E-state index in [0.29, 0.717) is 6.04 Å². The van der Waals surface area contributed by atoms with Crippen LogP contribution in [0.5, 0.6) is 0 Å². The maximum absolute atomic E-state index is 12.6. The second kappa shape index (κ2) is 6.25. The van der Waals surface area contributed by atoms with E-state index in [-0.39, 0.29) is 5.91 Å². The Morgan fingerprint density at radius 3 is 2.53 bits per heavy atom. The smallest absolute Gasteiger partial charge is 0.254 e. The van der Waals surface area contributed by atoms with Crippen LogP contribution in [0.4, 0.5) is 0 Å². The van der Waals surface area contributed by atoms with Crippen LogP contribution in [0.2, 0.25) is 0 Å². The van der Waals surface area contributed by atoms with E-state index in [2.05, 4.69) is 42.5 Å². The van der Waals surface area contributed by atoms with Crippen molar-refractivity contribution in [2.75, 3.05) is 7.05 Å². The number of hydrogen-bond donors (Lipinski definition) is 0. The van der Waals surface area contributed by atoms with Gasteiger partial charge in [0.25, 0.3) is 5.91 Å². The lowest BCUT2D eigenvalue weighted by molar-refractivity contribution is 0.0678. The minimum absolute atomic E-state index is 0.174. The summed E-state index contributed by atoms with van der Waals surface area (Å²) >= 11 is 2.28. The Hall–Kier alpha value is -0.580. The van der Waals surface area contributed by atoms with Gasteiger partial charge in [0, 0.05) is 16.7 Å². The van der Waals surface area contributed by atoms with E-state index in [1.54, 1.807) is 0 Å². The van der Waals surface area contributed by atoms with Crippen molar-refractivity contribution in [2.24, 2.45) is 5.92 Å². The summed E-state index contributed by atoms with van der Waals surface area (Å²) in [6.45, 7) is 4.36. The molecule has 1 aliphatic rings. The van der Waals surface area contributed by atoms with Gasteiger partial charge in [-0.2, -0.15) is 0 Å². The van der Waals surface area contributed by atoms with E-state index in [1.807, 2.05) is 24.1 Å². The average Bonchev–Trinajstić information content (AvgIpc) is 2.41. The van der Waals surface area contributed by atoms with Crippen molar-refractivity contribution in [2.45, 2.75) is 45.6 Å². The van der Waals surface area contributed by atoms with E-state index in [1.165, 1.54) is 18.4 Å². The molecule has 0 atom stereocenters. The molecule has 19 heavy (non-hydrogen) atoms. The number of carbonyl (C=O) groups is 1. The molecule has 3 heteroatoms. The molecule has 0 radical (unpaired) electrons. The molecule has 0 bridgehead atoms. The number of nitrogens with zero attached hydrogens (tertiary/aromatic N) is 1. The van der Waals surface area contributed by atoms with Crippen LogP contribution < -0.4 is 0 Å². The molecule has 0 unspecified atom stereocenters. The highest BCUT2D eigenvalue weighted by atomic mass is 127. The van der Waals surface area contributed by atoms with Crippen molar-refractivity contribution >= 4 is 28.5 Å². The number of benzene rings is 1. The SMILES string of the molecule is Cc1cccc(C(=O)N(C)C2CCC(C)CC2)c1I. The molecule has 2 nitrogen and oxygen atoms in total. The van der Waals surface area contributed by atoms with Gasteiger partial charge in [0.2, 0.25) is 0 Å². The topological polar surface area (TPSA) is 20.3 Å². The van der Waals surface area contributed by atoms with Crippen LogP contribution in [0.25, 0.3) is 0 Å². The summed E-state index contributed by atoms with van der Waals surface area (Å²) in [6.07, 6.45) is 4.78. The minimum Gasteiger partial charge on any atom is -0.339 e. The highest BCUT2D eigenvalue weighted by molar-refractivity contribution is 14.1. The minimum atomic E-state index is 0.174. The van der Waals surface area contributed by atoms with Crippen molar-refractivity contribution in [1.82, 2.24) is 4.90 Å². The molecule has 1 aromatic rings. The summed E-state index contributed by atoms with van der Waals surface area (Å²) in [5, 5.41) is 0. The Morgan fingerprint density at radius 2 is 1.89 bits per heavy atom. The third-order valence-electron chi connectivity index (χ3n) is 4.28. The lowest BCUT2D eigenvalue weighted by Gasteiger charge is -2.34. The fourth-order valence-corrected chi connectivity index (χ4v) is 3.39. The van der Waals surface area contributed by atoms with E-state index >= 15 is 0 Å². The molecule has 1 amide bonds. The molecule has 104 valence electrons. The molecule has 1 aliphatic carbocycles. The van der Waals surface area contributed by atoms with Crippen molar-refractivity contribution in [3.8, 4) is 0 Å². The van der Waals surface area contributed by atoms with Gasteiger partial charge < -0.3 is 4.90 Å². The summed E-state index contributed by atoms with van der Waals surface area (Å²) in [5.74, 6) is 0.992. The number of aryl methyl sites for hydroxylation is 1. The number of rotatable bonds is 2. The second-order valence-electron chi connectivity index (χ2n) is 5.77. The van der Waals surface area contributed by atoms with E-state index < -0.39 is 0 Å². The summed E-state index contributed by atoms with van der Waals surface area (Å²) < 4.78 is 1.08. The first-order valence-corrected chi connectivity index (χ1v) is 8.11. The third kappa shape index (κ3) is 3.30. The van der Waals surface area contributed by atoms with Gasteiger partial charge in [0.05, 0.1) is 5.56 Å². The Balaban J connectivity index is 2.13. The standard InChI is InChI=1S/C16H22INO/c1-11-7-9-13(10-8-11)18(3)16(19)14-6-4-5-12(2)15(14)17/h4-6,11,13H,7-10H2,1-3H3. The summed E-state index contributed by atoms with van der Waals surface area (Å²) in [7, 11) is 1.96. The maximum Gasteiger partial charge on any atom is 0.254 e. The third-order valence-corrected chi connectivity index (χ3v) is 5.71. The number of amides is 1. The van der Waals surface area contributed by atoms with Gasteiger partial charge in [-0.3, -0.25) is 4.79 Å². The van der Waals surface area contributed by atoms with Gasteiger partial charge >= 0.3 is 0 Å². The Bertz CT molecular complexity index is 464. The molecule has 1 aromatic carbocycles. The maximum atomic E-state index is 12.6. The molecule has 0 N–H and O–H groups in total. The summed E-state index contributed by atoms with van der Waals surface area (Å²) in [5.41, 5.74) is 2.03. The summed E-state index contributed by atoms with van der Waals surface area (Å²) in [4.78, 5) is 14.6. The van der Waals surface area contributed by atoms with Gasteiger partial charge in [-0.15, -0.1) is 0 Å². The van der Waals surface area contributed by atoms with Gasteiger partial charge in [-0.05, 0) is 72.7 Å². The van der Waals surface area contributed by atoms with Crippen molar-refractivity contribution in [1.29, 1.82) is 0 Å². The predicted octanol–water partition coefficient (Wildman–Crippen LogP) is 4.25. The quantitative estimate of drug-likeness (QED) is 0.712. The van der Waals surface area contributed by atoms with E-state index in [9.17, 15) is 4.79 Å². The highest BCUT2D eigenvalue weighted by Crippen LogP contribution is 2.28. The van der Waals surface area contributed by atoms with Crippen LogP contribution >= 0.6 is 22.6 Å². The predicted molar refractivity (Wildman–Crippen MR) is 87.4 cm³/mol. The van der Waals surface area contributed by atoms with Crippen molar-refractivity contribution < 1.29 is 4.79 Å². The fourth-order valence-electron chi connectivity index (χ4n) is 2.80. The Labute approximate surface area is 129 Å². The largest absolute Gasteiger partial charge is 0.339 e. The Morgan fingerprint density at radius 1 is 1.26 bits per heavy atom. The first-order chi connectivity index (χ1) is 9.00. The molecule has 1 saturated carbocycles. The van der Waals surface area contributed by atoms with Crippen LogP contribution in [0, 0.1) is 16.4 Å². The van der Waals surface area contributed by atoms with Gasteiger partial charge in [0.1, 0.15) is 0 Å². The lowest BCUT2D eigenvalue weighted by atomic mass is 9.86. The van der Waals surface area contributed by atoms with Crippen LogP contribution in [-0.2, 0) is 0 Å². The van der Waals surface area contributed by atoms with Crippen LogP contribution in [0.15, 0.2) is 18.2 Å². The lowest BCUT2D eigenvalue weighted by Crippen LogP contribution is -2.39. The zero-order valence-corrected chi connectivity index (χ0v) is 14.1. The average molecular weight is 371 g/mol. The van der Waals surface area contributed by atoms with E-state index in [0.717, 1.165) is 27.9 Å². The van der Waals surface area contributed by atoms with Crippen LogP contribution in [-0.4, -0.2) is 23.9 Å². The zero-order valence-electron chi connectivity index (χ0n) is 11.9. The molecule has 0 heterocycles. The Kier molecular flexibility index (Phi) is 4.87. The van der Waals surface area contributed by atoms with Crippen molar-refractivity contribution in [3.63, 3.8) is 0 Å². The molecule has 0 saturated heterocycles. The van der Waals surface area contributed by atoms with Crippen molar-refractivity contribution in [3.05, 3.63) is 32.9 Å². The van der Waals surface area contributed by atoms with E-state index in [4.69, 9.17) is 0 Å².